The number of ether oxygens (including phenoxy) is 2. The van der Waals surface area contributed by atoms with Crippen molar-refractivity contribution in [3.05, 3.63) is 95.8 Å². The minimum atomic E-state index is -0.159. The maximum atomic E-state index is 12.6. The van der Waals surface area contributed by atoms with Gasteiger partial charge in [-0.1, -0.05) is 35.9 Å². The molecule has 0 aliphatic heterocycles. The molecule has 1 N–H and O–H groups in total. The Kier molecular flexibility index (Phi) is 6.12. The predicted molar refractivity (Wildman–Crippen MR) is 124 cm³/mol. The highest BCUT2D eigenvalue weighted by Crippen LogP contribution is 2.26. The van der Waals surface area contributed by atoms with Gasteiger partial charge in [0.2, 0.25) is 5.88 Å². The average Bonchev–Trinajstić information content (AvgIpc) is 2.81. The molecule has 1 aromatic heterocycles. The molecule has 6 nitrogen and oxygen atoms in total. The van der Waals surface area contributed by atoms with E-state index in [1.54, 1.807) is 31.4 Å². The van der Waals surface area contributed by atoms with E-state index in [9.17, 15) is 4.79 Å². The first-order valence-electron chi connectivity index (χ1n) is 10.1. The highest BCUT2D eigenvalue weighted by atomic mass is 16.5. The first-order valence-corrected chi connectivity index (χ1v) is 10.1. The number of methoxy groups -OCH3 is 1. The number of hydrogen-bond donors (Lipinski definition) is 1. The maximum Gasteiger partial charge on any atom is 0.255 e. The minimum absolute atomic E-state index is 0.159. The highest BCUT2D eigenvalue weighted by molar-refractivity contribution is 6.04. The van der Waals surface area contributed by atoms with E-state index in [2.05, 4.69) is 15.3 Å². The molecule has 6 heteroatoms. The van der Waals surface area contributed by atoms with Gasteiger partial charge >= 0.3 is 0 Å². The molecule has 4 rings (SSSR count). The van der Waals surface area contributed by atoms with Crippen LogP contribution in [0.1, 0.15) is 21.5 Å². The van der Waals surface area contributed by atoms with Crippen LogP contribution in [0.2, 0.25) is 0 Å². The van der Waals surface area contributed by atoms with Crippen molar-refractivity contribution < 1.29 is 14.3 Å². The summed E-state index contributed by atoms with van der Waals surface area (Å²) in [5.41, 5.74) is 5.10. The number of aromatic nitrogens is 2. The summed E-state index contributed by atoms with van der Waals surface area (Å²) in [4.78, 5) is 21.2. The van der Waals surface area contributed by atoms with Crippen molar-refractivity contribution in [2.24, 2.45) is 0 Å². The summed E-state index contributed by atoms with van der Waals surface area (Å²) in [6, 6.07) is 22.3. The predicted octanol–water partition coefficient (Wildman–Crippen LogP) is 5.81. The molecule has 0 unspecified atom stereocenters. The van der Waals surface area contributed by atoms with Gasteiger partial charge in [-0.2, -0.15) is 0 Å². The van der Waals surface area contributed by atoms with Gasteiger partial charge in [-0.3, -0.25) is 4.79 Å². The molecular weight excluding hydrogens is 402 g/mol. The topological polar surface area (TPSA) is 73.3 Å². The zero-order valence-electron chi connectivity index (χ0n) is 18.1. The number of benzene rings is 3. The standard InChI is InChI=1S/C26H23N3O3/c1-17-7-12-23(18(2)13-17)29-26(30)20-10-8-19(9-11-20)24-15-25(28-16-27-24)32-22-6-4-5-21(14-22)31-3/h4-16H,1-3H3,(H,29,30). The van der Waals surface area contributed by atoms with E-state index >= 15 is 0 Å². The lowest BCUT2D eigenvalue weighted by molar-refractivity contribution is 0.102. The molecular formula is C26H23N3O3. The van der Waals surface area contributed by atoms with E-state index in [4.69, 9.17) is 9.47 Å². The van der Waals surface area contributed by atoms with Crippen molar-refractivity contribution >= 4 is 11.6 Å². The fourth-order valence-corrected chi connectivity index (χ4v) is 3.28. The van der Waals surface area contributed by atoms with Crippen molar-refractivity contribution in [2.75, 3.05) is 12.4 Å². The maximum absolute atomic E-state index is 12.6. The van der Waals surface area contributed by atoms with Gasteiger partial charge in [0.25, 0.3) is 5.91 Å². The van der Waals surface area contributed by atoms with Crippen LogP contribution in [-0.4, -0.2) is 23.0 Å². The number of aryl methyl sites for hydroxylation is 2. The van der Waals surface area contributed by atoms with Gasteiger partial charge < -0.3 is 14.8 Å². The van der Waals surface area contributed by atoms with E-state index in [1.165, 1.54) is 6.33 Å². The highest BCUT2D eigenvalue weighted by Gasteiger charge is 2.10. The molecule has 0 spiro atoms. The van der Waals surface area contributed by atoms with Crippen LogP contribution in [0.15, 0.2) is 79.1 Å². The second-order valence-electron chi connectivity index (χ2n) is 7.37. The van der Waals surface area contributed by atoms with Crippen LogP contribution in [-0.2, 0) is 0 Å². The molecule has 0 saturated heterocycles. The van der Waals surface area contributed by atoms with E-state index in [0.717, 1.165) is 22.4 Å². The van der Waals surface area contributed by atoms with Gasteiger partial charge in [0.15, 0.2) is 0 Å². The Morgan fingerprint density at radius 2 is 1.66 bits per heavy atom. The smallest absolute Gasteiger partial charge is 0.255 e. The monoisotopic (exact) mass is 425 g/mol. The van der Waals surface area contributed by atoms with Crippen LogP contribution < -0.4 is 14.8 Å². The Labute approximate surface area is 186 Å². The van der Waals surface area contributed by atoms with Crippen LogP contribution in [0, 0.1) is 13.8 Å². The van der Waals surface area contributed by atoms with Gasteiger partial charge in [0.1, 0.15) is 17.8 Å². The van der Waals surface area contributed by atoms with Crippen LogP contribution in [0.5, 0.6) is 17.4 Å². The number of rotatable bonds is 6. The number of nitrogens with one attached hydrogen (secondary N) is 1. The molecule has 0 bridgehead atoms. The fraction of sp³-hybridized carbons (Fsp3) is 0.115. The number of nitrogens with zero attached hydrogens (tertiary/aromatic N) is 2. The molecule has 0 fully saturated rings. The zero-order valence-corrected chi connectivity index (χ0v) is 18.1. The lowest BCUT2D eigenvalue weighted by Gasteiger charge is -2.10. The molecule has 160 valence electrons. The van der Waals surface area contributed by atoms with Crippen LogP contribution in [0.25, 0.3) is 11.3 Å². The molecule has 32 heavy (non-hydrogen) atoms. The summed E-state index contributed by atoms with van der Waals surface area (Å²) in [6.07, 6.45) is 1.45. The molecule has 1 heterocycles. The van der Waals surface area contributed by atoms with Crippen LogP contribution >= 0.6 is 0 Å². The first-order chi connectivity index (χ1) is 15.5. The number of carbonyl (C=O) groups excluding carboxylic acids is 1. The third-order valence-electron chi connectivity index (χ3n) is 4.98. The van der Waals surface area contributed by atoms with E-state index in [-0.39, 0.29) is 5.91 Å². The third-order valence-corrected chi connectivity index (χ3v) is 4.98. The lowest BCUT2D eigenvalue weighted by Crippen LogP contribution is -2.12. The second-order valence-corrected chi connectivity index (χ2v) is 7.37. The summed E-state index contributed by atoms with van der Waals surface area (Å²) < 4.78 is 11.1. The lowest BCUT2D eigenvalue weighted by atomic mass is 10.1. The Bertz CT molecular complexity index is 1250. The van der Waals surface area contributed by atoms with E-state index in [1.807, 2.05) is 62.4 Å². The third kappa shape index (κ3) is 4.92. The quantitative estimate of drug-likeness (QED) is 0.422. The molecule has 0 radical (unpaired) electrons. The molecule has 4 aromatic rings. The molecule has 0 aliphatic rings. The number of carbonyl (C=O) groups is 1. The van der Waals surface area contributed by atoms with Gasteiger partial charge in [-0.15, -0.1) is 0 Å². The molecule has 0 atom stereocenters. The van der Waals surface area contributed by atoms with Gasteiger partial charge in [-0.05, 0) is 49.7 Å². The molecule has 0 aliphatic carbocycles. The minimum Gasteiger partial charge on any atom is -0.497 e. The van der Waals surface area contributed by atoms with Gasteiger partial charge in [0, 0.05) is 28.9 Å². The summed E-state index contributed by atoms with van der Waals surface area (Å²) in [5.74, 6) is 1.58. The molecule has 3 aromatic carbocycles. The van der Waals surface area contributed by atoms with Crippen LogP contribution in [0.3, 0.4) is 0 Å². The largest absolute Gasteiger partial charge is 0.497 e. The van der Waals surface area contributed by atoms with Gasteiger partial charge in [-0.25, -0.2) is 9.97 Å². The summed E-state index contributed by atoms with van der Waals surface area (Å²) in [7, 11) is 1.60. The summed E-state index contributed by atoms with van der Waals surface area (Å²) >= 11 is 0. The van der Waals surface area contributed by atoms with Crippen molar-refractivity contribution in [1.82, 2.24) is 9.97 Å². The van der Waals surface area contributed by atoms with Gasteiger partial charge in [0.05, 0.1) is 12.8 Å². The zero-order chi connectivity index (χ0) is 22.5. The SMILES string of the molecule is COc1cccc(Oc2cc(-c3ccc(C(=O)Nc4ccc(C)cc4C)cc3)ncn2)c1. The normalized spacial score (nSPS) is 10.5. The molecule has 0 saturated carbocycles. The van der Waals surface area contributed by atoms with E-state index < -0.39 is 0 Å². The van der Waals surface area contributed by atoms with E-state index in [0.29, 0.717) is 28.6 Å². The van der Waals surface area contributed by atoms with Crippen molar-refractivity contribution in [3.63, 3.8) is 0 Å². The van der Waals surface area contributed by atoms with Crippen molar-refractivity contribution in [1.29, 1.82) is 0 Å². The molecule has 1 amide bonds. The number of anilines is 1. The number of hydrogen-bond acceptors (Lipinski definition) is 5. The van der Waals surface area contributed by atoms with Crippen molar-refractivity contribution in [3.8, 4) is 28.6 Å². The fourth-order valence-electron chi connectivity index (χ4n) is 3.28. The van der Waals surface area contributed by atoms with Crippen molar-refractivity contribution in [2.45, 2.75) is 13.8 Å². The second kappa shape index (κ2) is 9.31. The van der Waals surface area contributed by atoms with Crippen LogP contribution in [0.4, 0.5) is 5.69 Å². The number of amides is 1. The first kappa shape index (κ1) is 21.1. The Morgan fingerprint density at radius 1 is 0.875 bits per heavy atom. The summed E-state index contributed by atoms with van der Waals surface area (Å²) in [6.45, 7) is 4.00. The Morgan fingerprint density at radius 3 is 2.41 bits per heavy atom. The Balaban J connectivity index is 1.49. The average molecular weight is 425 g/mol. The summed E-state index contributed by atoms with van der Waals surface area (Å²) in [5, 5.41) is 2.96. The Hall–Kier alpha value is -4.19.